The number of aryl methyl sites for hydroxylation is 3. The van der Waals surface area contributed by atoms with Crippen molar-refractivity contribution in [3.05, 3.63) is 89.5 Å². The normalized spacial score (nSPS) is 11.5. The van der Waals surface area contributed by atoms with Crippen LogP contribution in [0.25, 0.3) is 0 Å². The molecule has 0 spiro atoms. The minimum Gasteiger partial charge on any atom is -0.413 e. The summed E-state index contributed by atoms with van der Waals surface area (Å²) >= 11 is 0. The van der Waals surface area contributed by atoms with Crippen LogP contribution >= 0.6 is 7.60 Å². The Kier molecular flexibility index (Phi) is 18.9. The van der Waals surface area contributed by atoms with Crippen molar-refractivity contribution >= 4 is 12.9 Å². The summed E-state index contributed by atoms with van der Waals surface area (Å²) in [6.07, 6.45) is 26.3. The molecule has 3 rings (SSSR count). The second kappa shape index (κ2) is 22.9. The highest BCUT2D eigenvalue weighted by Gasteiger charge is 2.31. The molecule has 0 unspecified atom stereocenters. The quantitative estimate of drug-likeness (QED) is 0.0643. The molecule has 0 saturated heterocycles. The molecule has 3 aromatic rings. The molecule has 0 fully saturated rings. The SMILES string of the molecule is CCCCCCCCc1ccc(OP(=O)(Oc2ccc(CCCCCCCC)cc2)c2ccc(CCCCCCCC)cc2)cc1. The fourth-order valence-electron chi connectivity index (χ4n) is 6.01. The highest BCUT2D eigenvalue weighted by molar-refractivity contribution is 7.63. The lowest BCUT2D eigenvalue weighted by atomic mass is 10.1. The van der Waals surface area contributed by atoms with Crippen molar-refractivity contribution < 1.29 is 13.6 Å². The molecule has 0 aliphatic carbocycles. The second-order valence-corrected chi connectivity index (χ2v) is 15.1. The first-order chi connectivity index (χ1) is 22.6. The van der Waals surface area contributed by atoms with Crippen molar-refractivity contribution in [1.29, 1.82) is 0 Å². The molecule has 0 radical (unpaired) electrons. The van der Waals surface area contributed by atoms with Gasteiger partial charge in [-0.2, -0.15) is 0 Å². The van der Waals surface area contributed by atoms with Crippen LogP contribution in [0.5, 0.6) is 11.5 Å². The third kappa shape index (κ3) is 14.9. The smallest absolute Gasteiger partial charge is 0.413 e. The maximum atomic E-state index is 14.5. The zero-order valence-corrected chi connectivity index (χ0v) is 30.3. The van der Waals surface area contributed by atoms with Crippen molar-refractivity contribution in [2.45, 2.75) is 156 Å². The van der Waals surface area contributed by atoms with E-state index in [2.05, 4.69) is 57.2 Å². The summed E-state index contributed by atoms with van der Waals surface area (Å²) in [5.41, 5.74) is 3.85. The average Bonchev–Trinajstić information content (AvgIpc) is 3.07. The van der Waals surface area contributed by atoms with Crippen LogP contribution in [0.15, 0.2) is 72.8 Å². The molecule has 0 aliphatic heterocycles. The topological polar surface area (TPSA) is 35.5 Å². The third-order valence-electron chi connectivity index (χ3n) is 9.01. The van der Waals surface area contributed by atoms with Crippen LogP contribution in [0.1, 0.15) is 153 Å². The van der Waals surface area contributed by atoms with E-state index in [-0.39, 0.29) is 0 Å². The van der Waals surface area contributed by atoms with Gasteiger partial charge in [-0.25, -0.2) is 4.57 Å². The Hall–Kier alpha value is -2.51. The summed E-state index contributed by atoms with van der Waals surface area (Å²) in [6.45, 7) is 6.77. The fourth-order valence-corrected chi connectivity index (χ4v) is 7.57. The van der Waals surface area contributed by atoms with Crippen molar-refractivity contribution in [3.63, 3.8) is 0 Å². The van der Waals surface area contributed by atoms with Gasteiger partial charge in [0.05, 0.1) is 5.30 Å². The first-order valence-electron chi connectivity index (χ1n) is 18.8. The average molecular weight is 647 g/mol. The lowest BCUT2D eigenvalue weighted by Gasteiger charge is -2.21. The molecular formula is C42H63O3P. The maximum absolute atomic E-state index is 14.5. The van der Waals surface area contributed by atoms with E-state index in [1.54, 1.807) is 0 Å². The Morgan fingerprint density at radius 1 is 0.391 bits per heavy atom. The standard InChI is InChI=1S/C42H63O3P/c1-4-7-10-13-16-19-22-37-25-31-40(32-26-37)44-46(43,42-35-29-39(30-36-42)24-21-18-15-12-9-6-3)45-41-33-27-38(28-34-41)23-20-17-14-11-8-5-2/h25-36H,4-24H2,1-3H3. The van der Waals surface area contributed by atoms with Gasteiger partial charge >= 0.3 is 7.60 Å². The van der Waals surface area contributed by atoms with E-state index in [0.717, 1.165) is 19.3 Å². The van der Waals surface area contributed by atoms with Crippen LogP contribution in [0.2, 0.25) is 0 Å². The van der Waals surface area contributed by atoms with E-state index in [1.165, 1.54) is 132 Å². The second-order valence-electron chi connectivity index (χ2n) is 13.2. The molecule has 3 aromatic carbocycles. The molecule has 0 N–H and O–H groups in total. The van der Waals surface area contributed by atoms with Gasteiger partial charge in [0.1, 0.15) is 11.5 Å². The van der Waals surface area contributed by atoms with Crippen LogP contribution in [-0.2, 0) is 23.8 Å². The van der Waals surface area contributed by atoms with Crippen LogP contribution in [0.3, 0.4) is 0 Å². The largest absolute Gasteiger partial charge is 0.462 e. The molecule has 0 amide bonds. The highest BCUT2D eigenvalue weighted by atomic mass is 31.2. The van der Waals surface area contributed by atoms with E-state index in [0.29, 0.717) is 16.8 Å². The highest BCUT2D eigenvalue weighted by Crippen LogP contribution is 2.47. The molecule has 254 valence electrons. The minimum absolute atomic E-state index is 0.575. The lowest BCUT2D eigenvalue weighted by Crippen LogP contribution is -2.15. The molecule has 0 aromatic heterocycles. The van der Waals surface area contributed by atoms with E-state index >= 15 is 0 Å². The molecule has 0 saturated carbocycles. The summed E-state index contributed by atoms with van der Waals surface area (Å²) in [5, 5.41) is 0.589. The predicted molar refractivity (Wildman–Crippen MR) is 199 cm³/mol. The summed E-state index contributed by atoms with van der Waals surface area (Å²) in [4.78, 5) is 0. The Bertz CT molecular complexity index is 1150. The molecule has 0 bridgehead atoms. The molecular weight excluding hydrogens is 583 g/mol. The molecule has 0 aliphatic rings. The summed E-state index contributed by atoms with van der Waals surface area (Å²) < 4.78 is 27.1. The van der Waals surface area contributed by atoms with Gasteiger partial charge in [0.15, 0.2) is 0 Å². The van der Waals surface area contributed by atoms with Gasteiger partial charge in [0.25, 0.3) is 0 Å². The van der Waals surface area contributed by atoms with E-state index in [1.807, 2.05) is 36.4 Å². The molecule has 0 atom stereocenters. The van der Waals surface area contributed by atoms with Crippen molar-refractivity contribution in [3.8, 4) is 11.5 Å². The monoisotopic (exact) mass is 646 g/mol. The Balaban J connectivity index is 1.65. The van der Waals surface area contributed by atoms with Gasteiger partial charge in [-0.05, 0) is 91.6 Å². The fraction of sp³-hybridized carbons (Fsp3) is 0.571. The van der Waals surface area contributed by atoms with Gasteiger partial charge in [0, 0.05) is 0 Å². The van der Waals surface area contributed by atoms with Gasteiger partial charge in [-0.3, -0.25) is 0 Å². The third-order valence-corrected chi connectivity index (χ3v) is 10.8. The first kappa shape index (κ1) is 37.9. The van der Waals surface area contributed by atoms with Gasteiger partial charge in [-0.15, -0.1) is 0 Å². The van der Waals surface area contributed by atoms with Gasteiger partial charge < -0.3 is 9.05 Å². The molecule has 0 heterocycles. The van der Waals surface area contributed by atoms with E-state index in [9.17, 15) is 4.57 Å². The number of rotatable bonds is 26. The zero-order chi connectivity index (χ0) is 32.7. The molecule has 4 heteroatoms. The summed E-state index contributed by atoms with van der Waals surface area (Å²) in [5.74, 6) is 1.15. The minimum atomic E-state index is -3.68. The predicted octanol–water partition coefficient (Wildman–Crippen LogP) is 13.4. The van der Waals surface area contributed by atoms with E-state index < -0.39 is 7.60 Å². The Morgan fingerprint density at radius 3 is 1.00 bits per heavy atom. The summed E-state index contributed by atoms with van der Waals surface area (Å²) in [6, 6.07) is 24.2. The van der Waals surface area contributed by atoms with Crippen LogP contribution in [0.4, 0.5) is 0 Å². The number of hydrogen-bond acceptors (Lipinski definition) is 3. The molecule has 3 nitrogen and oxygen atoms in total. The number of hydrogen-bond donors (Lipinski definition) is 0. The zero-order valence-electron chi connectivity index (χ0n) is 29.4. The molecule has 46 heavy (non-hydrogen) atoms. The van der Waals surface area contributed by atoms with Gasteiger partial charge in [-0.1, -0.05) is 153 Å². The number of benzene rings is 3. The number of unbranched alkanes of at least 4 members (excludes halogenated alkanes) is 15. The first-order valence-corrected chi connectivity index (χ1v) is 20.4. The van der Waals surface area contributed by atoms with Crippen molar-refractivity contribution in [2.75, 3.05) is 0 Å². The maximum Gasteiger partial charge on any atom is 0.462 e. The van der Waals surface area contributed by atoms with Crippen LogP contribution < -0.4 is 14.4 Å². The lowest BCUT2D eigenvalue weighted by molar-refractivity contribution is 0.399. The van der Waals surface area contributed by atoms with Crippen molar-refractivity contribution in [1.82, 2.24) is 0 Å². The van der Waals surface area contributed by atoms with Crippen LogP contribution in [-0.4, -0.2) is 0 Å². The van der Waals surface area contributed by atoms with Crippen LogP contribution in [0, 0.1) is 0 Å². The Morgan fingerprint density at radius 2 is 0.674 bits per heavy atom. The van der Waals surface area contributed by atoms with Gasteiger partial charge in [0.2, 0.25) is 0 Å². The Labute approximate surface area is 282 Å². The summed E-state index contributed by atoms with van der Waals surface area (Å²) in [7, 11) is -3.68. The van der Waals surface area contributed by atoms with Crippen molar-refractivity contribution in [2.24, 2.45) is 0 Å². The van der Waals surface area contributed by atoms with E-state index in [4.69, 9.17) is 9.05 Å².